The molecule has 8 aliphatic carbocycles. The van der Waals surface area contributed by atoms with Crippen LogP contribution in [0.3, 0.4) is 0 Å². The van der Waals surface area contributed by atoms with Crippen molar-refractivity contribution in [3.05, 3.63) is 280 Å². The Bertz CT molecular complexity index is 3990. The minimum Gasteiger partial charge on any atom is -0.0842 e. The second kappa shape index (κ2) is 17.4. The van der Waals surface area contributed by atoms with Crippen LogP contribution in [0.15, 0.2) is 241 Å². The summed E-state index contributed by atoms with van der Waals surface area (Å²) in [6, 6.07) is 49.2. The number of hydrogen-bond donors (Lipinski definition) is 0. The van der Waals surface area contributed by atoms with Crippen LogP contribution in [0.5, 0.6) is 0 Å². The van der Waals surface area contributed by atoms with Crippen molar-refractivity contribution < 1.29 is 0 Å². The first-order chi connectivity index (χ1) is 37.2. The summed E-state index contributed by atoms with van der Waals surface area (Å²) in [6.45, 7) is 9.67. The van der Waals surface area contributed by atoms with Gasteiger partial charge >= 0.3 is 0 Å². The Morgan fingerprint density at radius 2 is 0.895 bits per heavy atom. The fourth-order valence-corrected chi connectivity index (χ4v) is 15.6. The lowest BCUT2D eigenvalue weighted by Gasteiger charge is -2.46. The lowest BCUT2D eigenvalue weighted by molar-refractivity contribution is 0.305. The molecule has 0 N–H and O–H groups in total. The minimum atomic E-state index is -0.109. The van der Waals surface area contributed by atoms with Crippen molar-refractivity contribution in [3.63, 3.8) is 0 Å². The molecule has 0 saturated carbocycles. The molecule has 0 aromatic heterocycles. The molecule has 7 aromatic rings. The summed E-state index contributed by atoms with van der Waals surface area (Å²) >= 11 is 0. The second-order valence-corrected chi connectivity index (χ2v) is 23.9. The van der Waals surface area contributed by atoms with E-state index in [1.54, 1.807) is 16.7 Å². The van der Waals surface area contributed by atoms with E-state index in [9.17, 15) is 0 Å². The number of rotatable bonds is 6. The maximum Gasteiger partial charge on any atom is 0.0159 e. The molecular weight excluding hydrogens is 913 g/mol. The van der Waals surface area contributed by atoms with Crippen LogP contribution in [-0.4, -0.2) is 0 Å². The van der Waals surface area contributed by atoms with Gasteiger partial charge in [-0.2, -0.15) is 0 Å². The van der Waals surface area contributed by atoms with E-state index in [2.05, 4.69) is 246 Å². The summed E-state index contributed by atoms with van der Waals surface area (Å²) in [7, 11) is 0. The number of fused-ring (bicyclic) bond motifs is 10. The molecule has 0 saturated heterocycles. The highest BCUT2D eigenvalue weighted by Crippen LogP contribution is 2.56. The Kier molecular flexibility index (Phi) is 10.4. The van der Waals surface area contributed by atoms with Gasteiger partial charge in [0.1, 0.15) is 0 Å². The first-order valence-electron chi connectivity index (χ1n) is 28.3. The van der Waals surface area contributed by atoms with Crippen molar-refractivity contribution in [3.8, 4) is 33.4 Å². The molecule has 8 aliphatic rings. The van der Waals surface area contributed by atoms with Gasteiger partial charge in [-0.25, -0.2) is 0 Å². The Hall–Kier alpha value is -7.80. The zero-order valence-corrected chi connectivity index (χ0v) is 44.3. The number of allylic oxidation sites excluding steroid dienone is 22. The Morgan fingerprint density at radius 3 is 1.51 bits per heavy atom. The molecule has 0 fully saturated rings. The largest absolute Gasteiger partial charge is 0.0842 e. The lowest BCUT2D eigenvalue weighted by Crippen LogP contribution is -2.37. The third-order valence-electron chi connectivity index (χ3n) is 19.3. The molecule has 7 aromatic carbocycles. The first-order valence-corrected chi connectivity index (χ1v) is 28.3. The number of hydrogen-bond acceptors (Lipinski definition) is 0. The van der Waals surface area contributed by atoms with Gasteiger partial charge in [-0.05, 0) is 196 Å². The molecule has 4 unspecified atom stereocenters. The van der Waals surface area contributed by atoms with Gasteiger partial charge in [-0.3, -0.25) is 0 Å². The number of benzene rings is 7. The van der Waals surface area contributed by atoms with E-state index in [0.717, 1.165) is 32.1 Å². The van der Waals surface area contributed by atoms with Crippen molar-refractivity contribution in [1.82, 2.24) is 0 Å². The standard InChI is InChI=1S/C76H64/c1-75(2)67-29-17-16-20-55(67)56-43-40-54(46-70(56)75)74-65-27-14-12-25-63(65)73(64-26-13-15-28-66(64)74)51-36-32-48(33-37-51)53-39-42-58-57-41-38-52(44-68(57)76(3,4)69(58)45-53)47-30-34-50(35-31-47)72-61-23-10-8-21-59(61)71(49-18-6-5-7-19-49)60-22-9-11-24-62(60)72/h5-6,8-18,20-30,32,34,36,38-46,59-61,71H,7,19,31,33,35,37H2,1-4H3. The van der Waals surface area contributed by atoms with Gasteiger partial charge in [0.15, 0.2) is 0 Å². The lowest BCUT2D eigenvalue weighted by atomic mass is 9.57. The van der Waals surface area contributed by atoms with Crippen LogP contribution >= 0.6 is 0 Å². The van der Waals surface area contributed by atoms with Crippen LogP contribution in [0.4, 0.5) is 0 Å². The third kappa shape index (κ3) is 6.88. The summed E-state index contributed by atoms with van der Waals surface area (Å²) in [5.41, 5.74) is 28.3. The van der Waals surface area contributed by atoms with Crippen molar-refractivity contribution in [1.29, 1.82) is 0 Å². The molecule has 15 rings (SSSR count). The third-order valence-corrected chi connectivity index (χ3v) is 19.3. The summed E-state index contributed by atoms with van der Waals surface area (Å²) in [4.78, 5) is 0. The van der Waals surface area contributed by atoms with Gasteiger partial charge in [-0.15, -0.1) is 0 Å². The van der Waals surface area contributed by atoms with E-state index >= 15 is 0 Å². The monoisotopic (exact) mass is 977 g/mol. The van der Waals surface area contributed by atoms with E-state index in [4.69, 9.17) is 0 Å². The van der Waals surface area contributed by atoms with Gasteiger partial charge in [0.2, 0.25) is 0 Å². The molecule has 76 heavy (non-hydrogen) atoms. The molecule has 0 bridgehead atoms. The van der Waals surface area contributed by atoms with Gasteiger partial charge in [0.05, 0.1) is 0 Å². The fourth-order valence-electron chi connectivity index (χ4n) is 15.6. The highest BCUT2D eigenvalue weighted by Gasteiger charge is 2.44. The highest BCUT2D eigenvalue weighted by molar-refractivity contribution is 6.19. The summed E-state index contributed by atoms with van der Waals surface area (Å²) in [6.07, 6.45) is 42.5. The Morgan fingerprint density at radius 1 is 0.395 bits per heavy atom. The average Bonchev–Trinajstić information content (AvgIpc) is 3.85. The van der Waals surface area contributed by atoms with Crippen LogP contribution in [0, 0.1) is 23.7 Å². The zero-order chi connectivity index (χ0) is 50.9. The van der Waals surface area contributed by atoms with Crippen molar-refractivity contribution in [2.45, 2.75) is 77.0 Å². The molecule has 0 heterocycles. The second-order valence-electron chi connectivity index (χ2n) is 23.9. The predicted molar refractivity (Wildman–Crippen MR) is 323 cm³/mol. The molecule has 0 nitrogen and oxygen atoms in total. The van der Waals surface area contributed by atoms with E-state index in [1.807, 2.05) is 0 Å². The topological polar surface area (TPSA) is 0 Å². The van der Waals surface area contributed by atoms with Crippen LogP contribution in [-0.2, 0) is 10.8 Å². The Balaban J connectivity index is 0.732. The van der Waals surface area contributed by atoms with Crippen LogP contribution in [0.1, 0.15) is 105 Å². The van der Waals surface area contributed by atoms with Crippen molar-refractivity contribution >= 4 is 38.3 Å². The molecule has 0 radical (unpaired) electrons. The van der Waals surface area contributed by atoms with Crippen LogP contribution < -0.4 is 0 Å². The quantitative estimate of drug-likeness (QED) is 0.146. The average molecular weight is 977 g/mol. The molecule has 0 aliphatic heterocycles. The molecule has 0 amide bonds. The molecular formula is C76H64. The normalized spacial score (nSPS) is 23.0. The van der Waals surface area contributed by atoms with Gasteiger partial charge < -0.3 is 0 Å². The fraction of sp³-hybridized carbons (Fsp3) is 0.211. The van der Waals surface area contributed by atoms with E-state index in [1.165, 1.54) is 123 Å². The van der Waals surface area contributed by atoms with E-state index < -0.39 is 0 Å². The highest BCUT2D eigenvalue weighted by atomic mass is 14.5. The van der Waals surface area contributed by atoms with E-state index in [-0.39, 0.29) is 10.8 Å². The molecule has 0 spiro atoms. The Labute approximate surface area is 449 Å². The summed E-state index contributed by atoms with van der Waals surface area (Å²) in [5, 5.41) is 5.31. The van der Waals surface area contributed by atoms with Crippen molar-refractivity contribution in [2.75, 3.05) is 0 Å². The predicted octanol–water partition coefficient (Wildman–Crippen LogP) is 19.9. The van der Waals surface area contributed by atoms with Crippen LogP contribution in [0.2, 0.25) is 0 Å². The van der Waals surface area contributed by atoms with Gasteiger partial charge in [0.25, 0.3) is 0 Å². The molecule has 368 valence electrons. The molecule has 0 heteroatoms. The summed E-state index contributed by atoms with van der Waals surface area (Å²) < 4.78 is 0. The maximum absolute atomic E-state index is 2.54. The van der Waals surface area contributed by atoms with Gasteiger partial charge in [-0.1, -0.05) is 234 Å². The zero-order valence-electron chi connectivity index (χ0n) is 44.3. The SMILES string of the molecule is CC1(C)c2cc(C3=CC=C(C4=C5C=CC=CC5C(C5=CC=CCC5)C5C=CC=CC45)CC3)ccc2-c2ccc(C3=CC=C(c4c5ccccc5c(-c5ccc6c(c5)C(C)(C)c5ccccc5-6)c5ccccc45)CC3)cc21. The summed E-state index contributed by atoms with van der Waals surface area (Å²) in [5.74, 6) is 1.82. The van der Waals surface area contributed by atoms with Crippen molar-refractivity contribution in [2.24, 2.45) is 23.7 Å². The smallest absolute Gasteiger partial charge is 0.0159 e. The molecule has 4 atom stereocenters. The maximum atomic E-state index is 2.54. The first kappa shape index (κ1) is 45.6. The van der Waals surface area contributed by atoms with Gasteiger partial charge in [0, 0.05) is 22.7 Å². The minimum absolute atomic E-state index is 0.0577. The van der Waals surface area contributed by atoms with E-state index in [0.29, 0.717) is 23.7 Å². The van der Waals surface area contributed by atoms with Crippen LogP contribution in [0.25, 0.3) is 71.6 Å².